The number of hydrogen-bond acceptors (Lipinski definition) is 7. The van der Waals surface area contributed by atoms with Gasteiger partial charge < -0.3 is 14.1 Å². The molecule has 0 atom stereocenters. The van der Waals surface area contributed by atoms with Gasteiger partial charge in [-0.05, 0) is 55.5 Å². The highest BCUT2D eigenvalue weighted by Gasteiger charge is 2.29. The van der Waals surface area contributed by atoms with Crippen LogP contribution in [0.25, 0.3) is 31.8 Å². The fraction of sp³-hybridized carbons (Fsp3) is 0.292. The predicted octanol–water partition coefficient (Wildman–Crippen LogP) is 4.65. The lowest BCUT2D eigenvalue weighted by molar-refractivity contribution is 0.415. The molecule has 2 aliphatic heterocycles. The average molecular weight is 430 g/mol. The molecule has 7 heteroatoms. The van der Waals surface area contributed by atoms with E-state index in [9.17, 15) is 10.1 Å². The summed E-state index contributed by atoms with van der Waals surface area (Å²) in [6, 6.07) is 9.95. The summed E-state index contributed by atoms with van der Waals surface area (Å²) in [4.78, 5) is 20.2. The number of aromatic nitrogens is 1. The van der Waals surface area contributed by atoms with Gasteiger partial charge in [0.25, 0.3) is 0 Å². The summed E-state index contributed by atoms with van der Waals surface area (Å²) in [6.07, 6.45) is 3.97. The van der Waals surface area contributed by atoms with Gasteiger partial charge in [-0.2, -0.15) is 5.26 Å². The summed E-state index contributed by atoms with van der Waals surface area (Å²) in [5.41, 5.74) is 4.99. The van der Waals surface area contributed by atoms with Crippen LogP contribution in [0.15, 0.2) is 33.5 Å². The summed E-state index contributed by atoms with van der Waals surface area (Å²) in [6.45, 7) is 2.07. The molecule has 0 unspecified atom stereocenters. The number of nitrogens with zero attached hydrogens (tertiary/aromatic N) is 3. The monoisotopic (exact) mass is 429 g/mol. The second-order valence-electron chi connectivity index (χ2n) is 8.04. The van der Waals surface area contributed by atoms with Crippen molar-refractivity contribution in [2.45, 2.75) is 25.7 Å². The maximum atomic E-state index is 13.2. The highest BCUT2D eigenvalue weighted by atomic mass is 32.1. The number of fused-ring (bicyclic) bond motifs is 3. The molecule has 2 aromatic heterocycles. The third-order valence-electron chi connectivity index (χ3n) is 6.31. The molecule has 0 spiro atoms. The molecule has 2 aromatic carbocycles. The smallest absolute Gasteiger partial charge is 0.348 e. The van der Waals surface area contributed by atoms with Gasteiger partial charge >= 0.3 is 5.63 Å². The molecular weight excluding hydrogens is 410 g/mol. The molecule has 31 heavy (non-hydrogen) atoms. The van der Waals surface area contributed by atoms with Gasteiger partial charge in [-0.15, -0.1) is 11.3 Å². The molecule has 0 saturated heterocycles. The van der Waals surface area contributed by atoms with Gasteiger partial charge in [0, 0.05) is 29.7 Å². The minimum absolute atomic E-state index is 0.255. The molecular formula is C24H19N3O3S. The van der Waals surface area contributed by atoms with E-state index in [0.717, 1.165) is 65.7 Å². The zero-order valence-electron chi connectivity index (χ0n) is 17.0. The Balaban J connectivity index is 1.65. The van der Waals surface area contributed by atoms with Gasteiger partial charge in [0.1, 0.15) is 28.0 Å². The Bertz CT molecular complexity index is 1480. The van der Waals surface area contributed by atoms with Crippen LogP contribution in [0.4, 0.5) is 5.69 Å². The molecule has 2 aliphatic rings. The maximum absolute atomic E-state index is 13.2. The minimum Gasteiger partial charge on any atom is -0.497 e. The van der Waals surface area contributed by atoms with Gasteiger partial charge in [0.2, 0.25) is 0 Å². The zero-order valence-corrected chi connectivity index (χ0v) is 17.8. The van der Waals surface area contributed by atoms with Gasteiger partial charge in [-0.3, -0.25) is 0 Å². The van der Waals surface area contributed by atoms with Crippen LogP contribution in [0.2, 0.25) is 0 Å². The number of anilines is 1. The summed E-state index contributed by atoms with van der Waals surface area (Å²) >= 11 is 1.37. The Hall–Kier alpha value is -3.37. The predicted molar refractivity (Wildman–Crippen MR) is 121 cm³/mol. The molecule has 0 saturated carbocycles. The Morgan fingerprint density at radius 1 is 1.23 bits per heavy atom. The van der Waals surface area contributed by atoms with Crippen molar-refractivity contribution in [3.8, 4) is 22.4 Å². The molecule has 0 fully saturated rings. The first kappa shape index (κ1) is 18.4. The quantitative estimate of drug-likeness (QED) is 0.432. The molecule has 4 aromatic rings. The van der Waals surface area contributed by atoms with Crippen LogP contribution in [-0.4, -0.2) is 25.2 Å². The van der Waals surface area contributed by atoms with E-state index < -0.39 is 5.63 Å². The molecule has 0 bridgehead atoms. The lowest BCUT2D eigenvalue weighted by Gasteiger charge is -2.37. The number of benzene rings is 2. The van der Waals surface area contributed by atoms with Crippen molar-refractivity contribution in [1.82, 2.24) is 4.98 Å². The van der Waals surface area contributed by atoms with Crippen molar-refractivity contribution in [3.05, 3.63) is 51.4 Å². The van der Waals surface area contributed by atoms with Gasteiger partial charge in [0.05, 0.1) is 22.9 Å². The Morgan fingerprint density at radius 3 is 2.87 bits per heavy atom. The maximum Gasteiger partial charge on any atom is 0.348 e. The van der Waals surface area contributed by atoms with Crippen molar-refractivity contribution in [2.75, 3.05) is 25.1 Å². The molecule has 6 rings (SSSR count). The highest BCUT2D eigenvalue weighted by Crippen LogP contribution is 2.42. The van der Waals surface area contributed by atoms with Gasteiger partial charge in [-0.25, -0.2) is 9.78 Å². The van der Waals surface area contributed by atoms with Crippen molar-refractivity contribution >= 4 is 38.2 Å². The van der Waals surface area contributed by atoms with Crippen molar-refractivity contribution in [1.29, 1.82) is 5.26 Å². The fourth-order valence-electron chi connectivity index (χ4n) is 4.96. The molecule has 0 amide bonds. The first-order valence-electron chi connectivity index (χ1n) is 10.4. The summed E-state index contributed by atoms with van der Waals surface area (Å²) in [7, 11) is 1.61. The van der Waals surface area contributed by atoms with E-state index in [1.807, 2.05) is 18.2 Å². The molecule has 154 valence electrons. The number of aryl methyl sites for hydroxylation is 2. The largest absolute Gasteiger partial charge is 0.497 e. The first-order chi connectivity index (χ1) is 15.2. The van der Waals surface area contributed by atoms with Crippen LogP contribution >= 0.6 is 11.3 Å². The molecule has 0 aliphatic carbocycles. The van der Waals surface area contributed by atoms with E-state index in [1.165, 1.54) is 22.6 Å². The SMILES string of the molecule is COc1ccc2nc(-c3c(C#N)c4cc5c6c(c4oc3=O)CCCN6CCC5)sc2c1. The van der Waals surface area contributed by atoms with Crippen molar-refractivity contribution in [2.24, 2.45) is 0 Å². The Labute approximate surface area is 182 Å². The second-order valence-corrected chi connectivity index (χ2v) is 9.07. The zero-order chi connectivity index (χ0) is 21.1. The number of methoxy groups -OCH3 is 1. The summed E-state index contributed by atoms with van der Waals surface area (Å²) in [5, 5.41) is 11.3. The molecule has 6 nitrogen and oxygen atoms in total. The van der Waals surface area contributed by atoms with Gasteiger partial charge in [-0.1, -0.05) is 0 Å². The second kappa shape index (κ2) is 6.82. The topological polar surface area (TPSA) is 79.4 Å². The standard InChI is InChI=1S/C24H19N3O3S/c1-29-14-6-7-18-19(11-14)31-23(26-18)20-17(12-25)16-10-13-4-2-8-27-9-3-5-15(21(13)27)22(16)30-24(20)28/h6-7,10-11H,2-5,8-9H2,1H3. The third kappa shape index (κ3) is 2.68. The highest BCUT2D eigenvalue weighted by molar-refractivity contribution is 7.21. The Morgan fingerprint density at radius 2 is 2.06 bits per heavy atom. The lowest BCUT2D eigenvalue weighted by atomic mass is 9.88. The van der Waals surface area contributed by atoms with Crippen molar-refractivity contribution < 1.29 is 9.15 Å². The summed E-state index contributed by atoms with van der Waals surface area (Å²) in [5.74, 6) is 0.726. The minimum atomic E-state index is -0.501. The average Bonchev–Trinajstić information content (AvgIpc) is 3.21. The van der Waals surface area contributed by atoms with Crippen LogP contribution in [0.5, 0.6) is 5.75 Å². The first-order valence-corrected chi connectivity index (χ1v) is 11.2. The lowest BCUT2D eigenvalue weighted by Crippen LogP contribution is -2.34. The number of hydrogen-bond donors (Lipinski definition) is 0. The van der Waals surface area contributed by atoms with Crippen LogP contribution in [0.1, 0.15) is 29.5 Å². The normalized spacial score (nSPS) is 15.2. The van der Waals surface area contributed by atoms with E-state index in [1.54, 1.807) is 7.11 Å². The van der Waals surface area contributed by atoms with E-state index in [2.05, 4.69) is 22.0 Å². The van der Waals surface area contributed by atoms with E-state index >= 15 is 0 Å². The van der Waals surface area contributed by atoms with Crippen LogP contribution in [-0.2, 0) is 12.8 Å². The Kier molecular flexibility index (Phi) is 4.05. The summed E-state index contributed by atoms with van der Waals surface area (Å²) < 4.78 is 12.1. The van der Waals surface area contributed by atoms with Crippen LogP contribution < -0.4 is 15.3 Å². The van der Waals surface area contributed by atoms with E-state index in [0.29, 0.717) is 16.2 Å². The number of ether oxygens (including phenoxy) is 1. The third-order valence-corrected chi connectivity index (χ3v) is 7.35. The van der Waals surface area contributed by atoms with Crippen LogP contribution in [0.3, 0.4) is 0 Å². The van der Waals surface area contributed by atoms with E-state index in [-0.39, 0.29) is 5.56 Å². The number of rotatable bonds is 2. The fourth-order valence-corrected chi connectivity index (χ4v) is 6.00. The van der Waals surface area contributed by atoms with E-state index in [4.69, 9.17) is 9.15 Å². The molecule has 0 radical (unpaired) electrons. The number of nitriles is 1. The van der Waals surface area contributed by atoms with Gasteiger partial charge in [0.15, 0.2) is 0 Å². The van der Waals surface area contributed by atoms with Crippen molar-refractivity contribution in [3.63, 3.8) is 0 Å². The van der Waals surface area contributed by atoms with Crippen LogP contribution in [0, 0.1) is 11.3 Å². The molecule has 0 N–H and O–H groups in total. The number of thiazole rings is 1. The molecule has 4 heterocycles.